The third-order valence-corrected chi connectivity index (χ3v) is 3.63. The number of rotatable bonds is 3. The molecule has 0 saturated carbocycles. The third-order valence-electron chi connectivity index (χ3n) is 3.63. The number of amides is 1. The maximum absolute atomic E-state index is 10.9. The first-order valence-electron chi connectivity index (χ1n) is 5.42. The molecule has 2 aliphatic heterocycles. The van der Waals surface area contributed by atoms with Crippen LogP contribution in [0.15, 0.2) is 0 Å². The molecule has 2 saturated heterocycles. The van der Waals surface area contributed by atoms with E-state index in [4.69, 9.17) is 5.73 Å². The Labute approximate surface area is 84.8 Å². The Kier molecular flexibility index (Phi) is 2.74. The van der Waals surface area contributed by atoms with E-state index in [9.17, 15) is 4.79 Å². The van der Waals surface area contributed by atoms with Gasteiger partial charge in [-0.05, 0) is 32.7 Å². The first-order valence-corrected chi connectivity index (χ1v) is 5.42. The van der Waals surface area contributed by atoms with Gasteiger partial charge in [0.15, 0.2) is 0 Å². The number of hydrogen-bond acceptors (Lipinski definition) is 3. The highest BCUT2D eigenvalue weighted by Gasteiger charge is 2.40. The minimum Gasteiger partial charge on any atom is -0.369 e. The number of fused-ring (bicyclic) bond motifs is 2. The van der Waals surface area contributed by atoms with Gasteiger partial charge in [0.05, 0.1) is 6.54 Å². The highest BCUT2D eigenvalue weighted by Crippen LogP contribution is 2.35. The van der Waals surface area contributed by atoms with E-state index in [1.54, 1.807) is 0 Å². The van der Waals surface area contributed by atoms with Crippen molar-refractivity contribution in [3.8, 4) is 0 Å². The number of carbonyl (C=O) groups excluding carboxylic acids is 1. The fourth-order valence-electron chi connectivity index (χ4n) is 2.95. The third kappa shape index (κ3) is 1.77. The molecule has 3 N–H and O–H groups in total. The van der Waals surface area contributed by atoms with Crippen LogP contribution >= 0.6 is 0 Å². The Morgan fingerprint density at radius 2 is 2.00 bits per heavy atom. The quantitative estimate of drug-likeness (QED) is 0.652. The zero-order valence-electron chi connectivity index (χ0n) is 8.70. The second-order valence-corrected chi connectivity index (χ2v) is 4.48. The van der Waals surface area contributed by atoms with E-state index in [1.165, 1.54) is 25.7 Å². The van der Waals surface area contributed by atoms with E-state index in [0.29, 0.717) is 24.7 Å². The molecule has 4 heteroatoms. The summed E-state index contributed by atoms with van der Waals surface area (Å²) in [6.45, 7) is 0.450. The van der Waals surface area contributed by atoms with Crippen molar-refractivity contribution < 1.29 is 4.79 Å². The van der Waals surface area contributed by atoms with E-state index < -0.39 is 0 Å². The van der Waals surface area contributed by atoms with Gasteiger partial charge in [-0.25, -0.2) is 0 Å². The van der Waals surface area contributed by atoms with Crippen LogP contribution in [0.1, 0.15) is 25.7 Å². The summed E-state index contributed by atoms with van der Waals surface area (Å²) in [7, 11) is 2.02. The van der Waals surface area contributed by atoms with Crippen molar-refractivity contribution in [2.24, 2.45) is 5.73 Å². The smallest absolute Gasteiger partial charge is 0.231 e. The average molecular weight is 197 g/mol. The highest BCUT2D eigenvalue weighted by molar-refractivity contribution is 5.76. The number of primary amides is 1. The molecule has 4 nitrogen and oxygen atoms in total. The summed E-state index contributed by atoms with van der Waals surface area (Å²) < 4.78 is 0. The molecule has 0 radical (unpaired) electrons. The molecule has 0 aliphatic carbocycles. The van der Waals surface area contributed by atoms with E-state index >= 15 is 0 Å². The molecule has 2 rings (SSSR count). The molecular weight excluding hydrogens is 178 g/mol. The molecular formula is C10H19N3O. The fraction of sp³-hybridized carbons (Fsp3) is 0.900. The van der Waals surface area contributed by atoms with Crippen LogP contribution in [0.5, 0.6) is 0 Å². The summed E-state index contributed by atoms with van der Waals surface area (Å²) in [5.74, 6) is -0.190. The Morgan fingerprint density at radius 1 is 1.43 bits per heavy atom. The van der Waals surface area contributed by atoms with Crippen molar-refractivity contribution in [1.82, 2.24) is 10.2 Å². The van der Waals surface area contributed by atoms with Gasteiger partial charge >= 0.3 is 0 Å². The number of carbonyl (C=O) groups is 1. The summed E-state index contributed by atoms with van der Waals surface area (Å²) in [4.78, 5) is 13.2. The first kappa shape index (κ1) is 9.93. The minimum atomic E-state index is -0.190. The standard InChI is InChI=1S/C10H19N3O/c1-12-7-4-8-2-3-9(5-7)13(8)6-10(11)14/h7-9,12H,2-6H2,1H3,(H2,11,14). The summed E-state index contributed by atoms with van der Waals surface area (Å²) in [5, 5.41) is 3.34. The van der Waals surface area contributed by atoms with Gasteiger partial charge in [-0.15, -0.1) is 0 Å². The van der Waals surface area contributed by atoms with Gasteiger partial charge < -0.3 is 11.1 Å². The molecule has 2 atom stereocenters. The number of nitrogens with one attached hydrogen (secondary N) is 1. The van der Waals surface area contributed by atoms with E-state index in [1.807, 2.05) is 7.05 Å². The summed E-state index contributed by atoms with van der Waals surface area (Å²) in [5.41, 5.74) is 5.25. The Bertz CT molecular complexity index is 217. The zero-order chi connectivity index (χ0) is 10.1. The normalized spacial score (nSPS) is 37.4. The molecule has 2 fully saturated rings. The highest BCUT2D eigenvalue weighted by atomic mass is 16.1. The lowest BCUT2D eigenvalue weighted by atomic mass is 9.97. The van der Waals surface area contributed by atoms with Crippen molar-refractivity contribution >= 4 is 5.91 Å². The van der Waals surface area contributed by atoms with Gasteiger partial charge in [-0.1, -0.05) is 0 Å². The number of piperidine rings is 1. The van der Waals surface area contributed by atoms with Gasteiger partial charge in [-0.3, -0.25) is 9.69 Å². The maximum Gasteiger partial charge on any atom is 0.231 e. The van der Waals surface area contributed by atoms with Crippen LogP contribution in [-0.4, -0.2) is 42.5 Å². The number of nitrogens with two attached hydrogens (primary N) is 1. The molecule has 0 aromatic carbocycles. The van der Waals surface area contributed by atoms with Crippen molar-refractivity contribution in [2.75, 3.05) is 13.6 Å². The Hall–Kier alpha value is -0.610. The lowest BCUT2D eigenvalue weighted by Crippen LogP contribution is -2.50. The van der Waals surface area contributed by atoms with Crippen molar-refractivity contribution in [3.05, 3.63) is 0 Å². The molecule has 2 bridgehead atoms. The lowest BCUT2D eigenvalue weighted by molar-refractivity contribution is -0.120. The molecule has 0 spiro atoms. The monoisotopic (exact) mass is 197 g/mol. The second-order valence-electron chi connectivity index (χ2n) is 4.48. The Morgan fingerprint density at radius 3 is 2.43 bits per heavy atom. The fourth-order valence-corrected chi connectivity index (χ4v) is 2.95. The van der Waals surface area contributed by atoms with Gasteiger partial charge in [0, 0.05) is 18.1 Å². The van der Waals surface area contributed by atoms with Gasteiger partial charge in [0.25, 0.3) is 0 Å². The number of hydrogen-bond donors (Lipinski definition) is 2. The second kappa shape index (κ2) is 3.87. The molecule has 0 aromatic heterocycles. The maximum atomic E-state index is 10.9. The first-order chi connectivity index (χ1) is 6.70. The van der Waals surface area contributed by atoms with Crippen LogP contribution in [0, 0.1) is 0 Å². The van der Waals surface area contributed by atoms with E-state index in [-0.39, 0.29) is 5.91 Å². The Balaban J connectivity index is 1.99. The summed E-state index contributed by atoms with van der Waals surface area (Å²) >= 11 is 0. The van der Waals surface area contributed by atoms with Gasteiger partial charge in [-0.2, -0.15) is 0 Å². The van der Waals surface area contributed by atoms with Crippen LogP contribution in [-0.2, 0) is 4.79 Å². The number of nitrogens with zero attached hydrogens (tertiary/aromatic N) is 1. The molecule has 1 amide bonds. The minimum absolute atomic E-state index is 0.190. The van der Waals surface area contributed by atoms with Gasteiger partial charge in [0.2, 0.25) is 5.91 Å². The summed E-state index contributed by atoms with van der Waals surface area (Å²) in [6, 6.07) is 1.80. The van der Waals surface area contributed by atoms with E-state index in [2.05, 4.69) is 10.2 Å². The van der Waals surface area contributed by atoms with Gasteiger partial charge in [0.1, 0.15) is 0 Å². The molecule has 80 valence electrons. The van der Waals surface area contributed by atoms with Crippen LogP contribution in [0.25, 0.3) is 0 Å². The van der Waals surface area contributed by atoms with Crippen molar-refractivity contribution in [3.63, 3.8) is 0 Å². The predicted octanol–water partition coefficient (Wildman–Crippen LogP) is -0.313. The zero-order valence-corrected chi connectivity index (χ0v) is 8.70. The summed E-state index contributed by atoms with van der Waals surface area (Å²) in [6.07, 6.45) is 4.80. The van der Waals surface area contributed by atoms with Crippen LogP contribution in [0.4, 0.5) is 0 Å². The molecule has 0 aromatic rings. The van der Waals surface area contributed by atoms with Crippen molar-refractivity contribution in [2.45, 2.75) is 43.8 Å². The largest absolute Gasteiger partial charge is 0.369 e. The molecule has 14 heavy (non-hydrogen) atoms. The SMILES string of the molecule is CNC1CC2CCC(C1)N2CC(N)=O. The molecule has 2 heterocycles. The predicted molar refractivity (Wildman–Crippen MR) is 54.8 cm³/mol. The van der Waals surface area contributed by atoms with Crippen LogP contribution < -0.4 is 11.1 Å². The van der Waals surface area contributed by atoms with E-state index in [0.717, 1.165) is 0 Å². The van der Waals surface area contributed by atoms with Crippen LogP contribution in [0.3, 0.4) is 0 Å². The lowest BCUT2D eigenvalue weighted by Gasteiger charge is -2.38. The topological polar surface area (TPSA) is 58.4 Å². The molecule has 2 unspecified atom stereocenters. The van der Waals surface area contributed by atoms with Crippen LogP contribution in [0.2, 0.25) is 0 Å². The molecule has 2 aliphatic rings. The average Bonchev–Trinajstić information content (AvgIpc) is 2.38. The van der Waals surface area contributed by atoms with Crippen molar-refractivity contribution in [1.29, 1.82) is 0 Å².